The van der Waals surface area contributed by atoms with Gasteiger partial charge in [-0.3, -0.25) is 9.59 Å². The molecule has 2 amide bonds. The van der Waals surface area contributed by atoms with Crippen LogP contribution in [0.4, 0.5) is 0 Å². The normalized spacial score (nSPS) is 15.1. The molecule has 5 heteroatoms. The van der Waals surface area contributed by atoms with E-state index in [1.54, 1.807) is 31.4 Å². The zero-order valence-corrected chi connectivity index (χ0v) is 15.7. The fourth-order valence-electron chi connectivity index (χ4n) is 3.37. The molecule has 3 rings (SSSR count). The Morgan fingerprint density at radius 1 is 1.00 bits per heavy atom. The number of nitrogens with zero attached hydrogens (tertiary/aromatic N) is 1. The number of nitrogens with one attached hydrogen (secondary N) is 1. The Kier molecular flexibility index (Phi) is 6.47. The van der Waals surface area contributed by atoms with Crippen LogP contribution in [0.5, 0.6) is 5.75 Å². The molecule has 0 radical (unpaired) electrons. The Morgan fingerprint density at radius 3 is 2.30 bits per heavy atom. The van der Waals surface area contributed by atoms with E-state index >= 15 is 0 Å². The molecule has 0 aliphatic carbocycles. The van der Waals surface area contributed by atoms with Crippen LogP contribution in [0.2, 0.25) is 0 Å². The van der Waals surface area contributed by atoms with E-state index in [1.165, 1.54) is 0 Å². The first-order valence-electron chi connectivity index (χ1n) is 9.45. The number of hydrogen-bond donors (Lipinski definition) is 1. The fourth-order valence-corrected chi connectivity index (χ4v) is 3.37. The summed E-state index contributed by atoms with van der Waals surface area (Å²) in [6.07, 6.45) is 3.69. The minimum absolute atomic E-state index is 0.000384. The Labute approximate surface area is 160 Å². The summed E-state index contributed by atoms with van der Waals surface area (Å²) in [7, 11) is 1.59. The number of ether oxygens (including phenoxy) is 1. The van der Waals surface area contributed by atoms with Gasteiger partial charge in [-0.1, -0.05) is 30.3 Å². The van der Waals surface area contributed by atoms with Crippen LogP contribution in [-0.2, 0) is 11.2 Å². The lowest BCUT2D eigenvalue weighted by molar-refractivity contribution is -0.134. The van der Waals surface area contributed by atoms with Crippen molar-refractivity contribution in [2.45, 2.75) is 31.7 Å². The highest BCUT2D eigenvalue weighted by atomic mass is 16.5. The third-order valence-corrected chi connectivity index (χ3v) is 4.91. The molecule has 5 nitrogen and oxygen atoms in total. The van der Waals surface area contributed by atoms with Gasteiger partial charge in [0.25, 0.3) is 5.91 Å². The number of benzene rings is 2. The van der Waals surface area contributed by atoms with Crippen molar-refractivity contribution in [2.24, 2.45) is 0 Å². The molecule has 0 bridgehead atoms. The predicted molar refractivity (Wildman–Crippen MR) is 105 cm³/mol. The maximum atomic E-state index is 13.1. The lowest BCUT2D eigenvalue weighted by Crippen LogP contribution is -2.51. The van der Waals surface area contributed by atoms with Gasteiger partial charge < -0.3 is 15.0 Å². The molecule has 2 aromatic rings. The van der Waals surface area contributed by atoms with Crippen LogP contribution >= 0.6 is 0 Å². The van der Waals surface area contributed by atoms with Gasteiger partial charge >= 0.3 is 0 Å². The maximum absolute atomic E-state index is 13.1. The van der Waals surface area contributed by atoms with Gasteiger partial charge in [0.05, 0.1) is 7.11 Å². The van der Waals surface area contributed by atoms with Crippen molar-refractivity contribution >= 4 is 11.8 Å². The van der Waals surface area contributed by atoms with Crippen molar-refractivity contribution in [2.75, 3.05) is 20.2 Å². The number of hydrogen-bond acceptors (Lipinski definition) is 3. The highest BCUT2D eigenvalue weighted by molar-refractivity contribution is 5.97. The Bertz CT molecular complexity index is 753. The molecule has 0 spiro atoms. The third-order valence-electron chi connectivity index (χ3n) is 4.91. The summed E-state index contributed by atoms with van der Waals surface area (Å²) in [6.45, 7) is 1.53. The largest absolute Gasteiger partial charge is 0.497 e. The van der Waals surface area contributed by atoms with E-state index in [1.807, 2.05) is 35.2 Å². The van der Waals surface area contributed by atoms with Gasteiger partial charge in [-0.15, -0.1) is 0 Å². The van der Waals surface area contributed by atoms with E-state index in [0.717, 1.165) is 37.9 Å². The van der Waals surface area contributed by atoms with E-state index in [2.05, 4.69) is 5.32 Å². The van der Waals surface area contributed by atoms with Crippen molar-refractivity contribution in [1.82, 2.24) is 10.2 Å². The van der Waals surface area contributed by atoms with Crippen LogP contribution in [0.25, 0.3) is 0 Å². The monoisotopic (exact) mass is 366 g/mol. The van der Waals surface area contributed by atoms with Gasteiger partial charge in [-0.05, 0) is 49.1 Å². The Morgan fingerprint density at radius 2 is 1.67 bits per heavy atom. The molecule has 0 unspecified atom stereocenters. The molecular weight excluding hydrogens is 340 g/mol. The van der Waals surface area contributed by atoms with Crippen LogP contribution in [-0.4, -0.2) is 43.0 Å². The van der Waals surface area contributed by atoms with E-state index < -0.39 is 6.04 Å². The van der Waals surface area contributed by atoms with E-state index in [9.17, 15) is 9.59 Å². The van der Waals surface area contributed by atoms with Gasteiger partial charge in [-0.25, -0.2) is 0 Å². The standard InChI is InChI=1S/C22H26N2O3/c1-27-19-12-10-18(11-13-19)21(25)23-20(16-17-8-4-2-5-9-17)22(26)24-14-6-3-7-15-24/h2,4-5,8-13,20H,3,6-7,14-16H2,1H3,(H,23,25)/t20-/m1/s1. The van der Waals surface area contributed by atoms with Gasteiger partial charge in [0.1, 0.15) is 11.8 Å². The second kappa shape index (κ2) is 9.21. The zero-order valence-electron chi connectivity index (χ0n) is 15.7. The molecule has 1 saturated heterocycles. The number of methoxy groups -OCH3 is 1. The van der Waals surface area contributed by atoms with E-state index in [0.29, 0.717) is 17.7 Å². The molecule has 1 aliphatic rings. The molecule has 1 fully saturated rings. The molecule has 142 valence electrons. The highest BCUT2D eigenvalue weighted by Crippen LogP contribution is 2.15. The smallest absolute Gasteiger partial charge is 0.251 e. The number of likely N-dealkylation sites (tertiary alicyclic amines) is 1. The number of carbonyl (C=O) groups excluding carboxylic acids is 2. The highest BCUT2D eigenvalue weighted by Gasteiger charge is 2.27. The minimum Gasteiger partial charge on any atom is -0.497 e. The van der Waals surface area contributed by atoms with Crippen LogP contribution < -0.4 is 10.1 Å². The van der Waals surface area contributed by atoms with Crippen LogP contribution in [0, 0.1) is 0 Å². The van der Waals surface area contributed by atoms with Gasteiger partial charge in [0, 0.05) is 25.1 Å². The van der Waals surface area contributed by atoms with Crippen molar-refractivity contribution in [3.63, 3.8) is 0 Å². The molecule has 27 heavy (non-hydrogen) atoms. The fraction of sp³-hybridized carbons (Fsp3) is 0.364. The van der Waals surface area contributed by atoms with Crippen molar-refractivity contribution in [3.05, 3.63) is 65.7 Å². The van der Waals surface area contributed by atoms with E-state index in [-0.39, 0.29) is 11.8 Å². The molecule has 0 aromatic heterocycles. The summed E-state index contributed by atoms with van der Waals surface area (Å²) in [5.41, 5.74) is 1.54. The molecule has 2 aromatic carbocycles. The van der Waals surface area contributed by atoms with Gasteiger partial charge in [0.15, 0.2) is 0 Å². The summed E-state index contributed by atoms with van der Waals surface area (Å²) in [4.78, 5) is 27.7. The summed E-state index contributed by atoms with van der Waals surface area (Å²) < 4.78 is 5.13. The first-order valence-corrected chi connectivity index (χ1v) is 9.45. The summed E-state index contributed by atoms with van der Waals surface area (Å²) in [5, 5.41) is 2.95. The van der Waals surface area contributed by atoms with Crippen LogP contribution in [0.3, 0.4) is 0 Å². The average molecular weight is 366 g/mol. The van der Waals surface area contributed by atoms with Gasteiger partial charge in [-0.2, -0.15) is 0 Å². The SMILES string of the molecule is COc1ccc(C(=O)N[C@H](Cc2ccccc2)C(=O)N2CCCCC2)cc1. The summed E-state index contributed by atoms with van der Waals surface area (Å²) in [6, 6.07) is 16.1. The number of carbonyl (C=O) groups is 2. The maximum Gasteiger partial charge on any atom is 0.251 e. The first-order chi connectivity index (χ1) is 13.2. The van der Waals surface area contributed by atoms with Crippen molar-refractivity contribution in [3.8, 4) is 5.75 Å². The quantitative estimate of drug-likeness (QED) is 0.855. The van der Waals surface area contributed by atoms with E-state index in [4.69, 9.17) is 4.74 Å². The molecule has 1 N–H and O–H groups in total. The minimum atomic E-state index is -0.569. The molecule has 1 aliphatic heterocycles. The number of piperidine rings is 1. The van der Waals surface area contributed by atoms with Crippen molar-refractivity contribution < 1.29 is 14.3 Å². The average Bonchev–Trinajstić information content (AvgIpc) is 2.74. The predicted octanol–water partition coefficient (Wildman–Crippen LogP) is 3.05. The van der Waals surface area contributed by atoms with Crippen molar-refractivity contribution in [1.29, 1.82) is 0 Å². The molecule has 1 atom stereocenters. The van der Waals surface area contributed by atoms with Crippen LogP contribution in [0.15, 0.2) is 54.6 Å². The number of rotatable bonds is 6. The lowest BCUT2D eigenvalue weighted by Gasteiger charge is -2.31. The van der Waals surface area contributed by atoms with Crippen LogP contribution in [0.1, 0.15) is 35.2 Å². The Balaban J connectivity index is 1.75. The molecule has 1 heterocycles. The second-order valence-electron chi connectivity index (χ2n) is 6.83. The topological polar surface area (TPSA) is 58.6 Å². The second-order valence-corrected chi connectivity index (χ2v) is 6.83. The molecule has 0 saturated carbocycles. The Hall–Kier alpha value is -2.82. The lowest BCUT2D eigenvalue weighted by atomic mass is 10.0. The third kappa shape index (κ3) is 5.09. The first kappa shape index (κ1) is 19.0. The number of amides is 2. The molecular formula is C22H26N2O3. The summed E-state index contributed by atoms with van der Waals surface area (Å²) >= 11 is 0. The zero-order chi connectivity index (χ0) is 19.1. The van der Waals surface area contributed by atoms with Gasteiger partial charge in [0.2, 0.25) is 5.91 Å². The summed E-state index contributed by atoms with van der Waals surface area (Å²) in [5.74, 6) is 0.445.